The van der Waals surface area contributed by atoms with Gasteiger partial charge in [-0.1, -0.05) is 0 Å². The van der Waals surface area contributed by atoms with Gasteiger partial charge < -0.3 is 11.1 Å². The average molecular weight is 288 g/mol. The number of nitrogens with one attached hydrogen (secondary N) is 1. The molecule has 1 amide bonds. The minimum atomic E-state index is -0.515. The third-order valence-electron chi connectivity index (χ3n) is 2.72. The molecule has 0 aliphatic rings. The molecule has 0 saturated carbocycles. The maximum Gasteiger partial charge on any atom is 0.251 e. The van der Waals surface area contributed by atoms with Gasteiger partial charge in [0.15, 0.2) is 5.82 Å². The Kier molecular flexibility index (Phi) is 3.07. The Morgan fingerprint density at radius 3 is 3.05 bits per heavy atom. The Hall–Kier alpha value is -2.48. The van der Waals surface area contributed by atoms with E-state index >= 15 is 0 Å². The van der Waals surface area contributed by atoms with Gasteiger partial charge in [-0.15, -0.1) is 11.3 Å². The van der Waals surface area contributed by atoms with Gasteiger partial charge in [-0.2, -0.15) is 10.1 Å². The maximum absolute atomic E-state index is 11.2. The van der Waals surface area contributed by atoms with Crippen LogP contribution in [0.1, 0.15) is 17.3 Å². The summed E-state index contributed by atoms with van der Waals surface area (Å²) in [4.78, 5) is 20.9. The van der Waals surface area contributed by atoms with Crippen LogP contribution in [0.2, 0.25) is 0 Å². The summed E-state index contributed by atoms with van der Waals surface area (Å²) in [6.07, 6.45) is 2.99. The summed E-state index contributed by atoms with van der Waals surface area (Å²) in [5.74, 6) is 0.645. The van der Waals surface area contributed by atoms with E-state index in [1.165, 1.54) is 22.2 Å². The number of amides is 1. The lowest BCUT2D eigenvalue weighted by Gasteiger charge is -2.06. The predicted octanol–water partition coefficient (Wildman–Crippen LogP) is 1.41. The predicted molar refractivity (Wildman–Crippen MR) is 77.2 cm³/mol. The molecular weight excluding hydrogens is 276 g/mol. The van der Waals surface area contributed by atoms with E-state index in [-0.39, 0.29) is 0 Å². The fraction of sp³-hybridized carbons (Fsp3) is 0.167. The SMILES string of the molecule is CCNc1nc(-n2cc(C(N)=O)cn2)c2ccsc2n1. The molecule has 3 aromatic rings. The second-order valence-corrected chi connectivity index (χ2v) is 4.97. The van der Waals surface area contributed by atoms with Crippen LogP contribution < -0.4 is 11.1 Å². The lowest BCUT2D eigenvalue weighted by Crippen LogP contribution is -2.10. The molecule has 0 bridgehead atoms. The average Bonchev–Trinajstić information content (AvgIpc) is 3.07. The Bertz CT molecular complexity index is 777. The third-order valence-corrected chi connectivity index (χ3v) is 3.53. The molecule has 0 atom stereocenters. The van der Waals surface area contributed by atoms with Crippen molar-refractivity contribution in [3.05, 3.63) is 29.4 Å². The minimum Gasteiger partial charge on any atom is -0.366 e. The smallest absolute Gasteiger partial charge is 0.251 e. The standard InChI is InChI=1S/C12H12N6OS/c1-2-14-12-16-10(8-3-4-20-11(8)17-12)18-6-7(5-15-18)9(13)19/h3-6H,2H2,1H3,(H2,13,19)(H,14,16,17). The van der Waals surface area contributed by atoms with Crippen LogP contribution in [-0.4, -0.2) is 32.2 Å². The van der Waals surface area contributed by atoms with Gasteiger partial charge in [-0.05, 0) is 18.4 Å². The number of rotatable bonds is 4. The highest BCUT2D eigenvalue weighted by molar-refractivity contribution is 7.16. The molecule has 0 saturated heterocycles. The first-order valence-corrected chi connectivity index (χ1v) is 6.91. The van der Waals surface area contributed by atoms with Gasteiger partial charge in [0, 0.05) is 12.7 Å². The van der Waals surface area contributed by atoms with Crippen LogP contribution in [0.25, 0.3) is 16.0 Å². The highest BCUT2D eigenvalue weighted by Crippen LogP contribution is 2.25. The van der Waals surface area contributed by atoms with Crippen LogP contribution in [0.3, 0.4) is 0 Å². The van der Waals surface area contributed by atoms with Gasteiger partial charge in [0.05, 0.1) is 17.1 Å². The molecule has 8 heteroatoms. The van der Waals surface area contributed by atoms with E-state index in [0.29, 0.717) is 17.3 Å². The number of nitrogens with zero attached hydrogens (tertiary/aromatic N) is 4. The number of hydrogen-bond donors (Lipinski definition) is 2. The molecule has 3 rings (SSSR count). The maximum atomic E-state index is 11.2. The number of fused-ring (bicyclic) bond motifs is 1. The van der Waals surface area contributed by atoms with Gasteiger partial charge >= 0.3 is 0 Å². The molecule has 0 aliphatic heterocycles. The molecule has 0 radical (unpaired) electrons. The number of hydrogen-bond acceptors (Lipinski definition) is 6. The molecule has 3 heterocycles. The summed E-state index contributed by atoms with van der Waals surface area (Å²) in [6, 6.07) is 1.93. The van der Waals surface area contributed by atoms with Crippen LogP contribution in [0.4, 0.5) is 5.95 Å². The highest BCUT2D eigenvalue weighted by atomic mass is 32.1. The van der Waals surface area contributed by atoms with E-state index in [1.807, 2.05) is 18.4 Å². The van der Waals surface area contributed by atoms with Gasteiger partial charge in [0.25, 0.3) is 5.91 Å². The first-order valence-electron chi connectivity index (χ1n) is 6.03. The second kappa shape index (κ2) is 4.89. The molecule has 7 nitrogen and oxygen atoms in total. The van der Waals surface area contributed by atoms with Crippen molar-refractivity contribution >= 4 is 33.4 Å². The van der Waals surface area contributed by atoms with Crippen molar-refractivity contribution in [1.82, 2.24) is 19.7 Å². The summed E-state index contributed by atoms with van der Waals surface area (Å²) >= 11 is 1.53. The van der Waals surface area contributed by atoms with E-state index in [9.17, 15) is 4.79 Å². The summed E-state index contributed by atoms with van der Waals surface area (Å²) in [7, 11) is 0. The lowest BCUT2D eigenvalue weighted by molar-refractivity contribution is 0.100. The van der Waals surface area contributed by atoms with Crippen molar-refractivity contribution in [3.63, 3.8) is 0 Å². The molecule has 20 heavy (non-hydrogen) atoms. The molecule has 0 aromatic carbocycles. The number of anilines is 1. The Balaban J connectivity index is 2.17. The first-order chi connectivity index (χ1) is 9.69. The van der Waals surface area contributed by atoms with Crippen molar-refractivity contribution in [3.8, 4) is 5.82 Å². The van der Waals surface area contributed by atoms with Crippen LogP contribution >= 0.6 is 11.3 Å². The fourth-order valence-electron chi connectivity index (χ4n) is 1.82. The van der Waals surface area contributed by atoms with Crippen LogP contribution in [0.5, 0.6) is 0 Å². The molecule has 0 spiro atoms. The van der Waals surface area contributed by atoms with Gasteiger partial charge in [0.1, 0.15) is 4.83 Å². The molecular formula is C12H12N6OS. The third kappa shape index (κ3) is 2.10. The Morgan fingerprint density at radius 2 is 2.35 bits per heavy atom. The number of aromatic nitrogens is 4. The van der Waals surface area contributed by atoms with E-state index in [4.69, 9.17) is 5.73 Å². The molecule has 102 valence electrons. The summed E-state index contributed by atoms with van der Waals surface area (Å²) in [6.45, 7) is 2.70. The number of nitrogens with two attached hydrogens (primary N) is 1. The van der Waals surface area contributed by atoms with Crippen LogP contribution in [0, 0.1) is 0 Å². The zero-order valence-corrected chi connectivity index (χ0v) is 11.5. The summed E-state index contributed by atoms with van der Waals surface area (Å²) in [5, 5.41) is 10.0. The lowest BCUT2D eigenvalue weighted by atomic mass is 10.3. The van der Waals surface area contributed by atoms with E-state index < -0.39 is 5.91 Å². The van der Waals surface area contributed by atoms with Crippen molar-refractivity contribution in [2.75, 3.05) is 11.9 Å². The Labute approximate surface area is 118 Å². The highest BCUT2D eigenvalue weighted by Gasteiger charge is 2.13. The monoisotopic (exact) mass is 288 g/mol. The van der Waals surface area contributed by atoms with Crippen molar-refractivity contribution in [1.29, 1.82) is 0 Å². The van der Waals surface area contributed by atoms with Crippen LogP contribution in [-0.2, 0) is 0 Å². The van der Waals surface area contributed by atoms with E-state index in [0.717, 1.165) is 16.8 Å². The zero-order chi connectivity index (χ0) is 14.1. The molecule has 3 aromatic heterocycles. The number of carbonyl (C=O) groups excluding carboxylic acids is 1. The summed E-state index contributed by atoms with van der Waals surface area (Å²) < 4.78 is 1.54. The van der Waals surface area contributed by atoms with Crippen molar-refractivity contribution in [2.45, 2.75) is 6.92 Å². The number of thiophene rings is 1. The van der Waals surface area contributed by atoms with Gasteiger partial charge in [-0.3, -0.25) is 4.79 Å². The second-order valence-electron chi connectivity index (χ2n) is 4.08. The van der Waals surface area contributed by atoms with Crippen LogP contribution in [0.15, 0.2) is 23.8 Å². The molecule has 3 N–H and O–H groups in total. The minimum absolute atomic E-state index is 0.344. The molecule has 0 aliphatic carbocycles. The zero-order valence-electron chi connectivity index (χ0n) is 10.7. The van der Waals surface area contributed by atoms with E-state index in [1.54, 1.807) is 6.20 Å². The fourth-order valence-corrected chi connectivity index (χ4v) is 2.58. The van der Waals surface area contributed by atoms with Crippen molar-refractivity contribution in [2.24, 2.45) is 5.73 Å². The first kappa shape index (κ1) is 12.5. The Morgan fingerprint density at radius 1 is 1.50 bits per heavy atom. The van der Waals surface area contributed by atoms with Gasteiger partial charge in [-0.25, -0.2) is 9.67 Å². The quantitative estimate of drug-likeness (QED) is 0.756. The summed E-state index contributed by atoms with van der Waals surface area (Å²) in [5.41, 5.74) is 5.58. The largest absolute Gasteiger partial charge is 0.366 e. The normalized spacial score (nSPS) is 10.8. The van der Waals surface area contributed by atoms with Crippen molar-refractivity contribution < 1.29 is 4.79 Å². The number of primary amides is 1. The van der Waals surface area contributed by atoms with Gasteiger partial charge in [0.2, 0.25) is 5.95 Å². The molecule has 0 unspecified atom stereocenters. The molecule has 0 fully saturated rings. The topological polar surface area (TPSA) is 98.7 Å². The number of carbonyl (C=O) groups is 1. The van der Waals surface area contributed by atoms with E-state index in [2.05, 4.69) is 20.4 Å².